The number of halogens is 12. The van der Waals surface area contributed by atoms with Gasteiger partial charge in [0, 0.05) is 22.3 Å². The van der Waals surface area contributed by atoms with Gasteiger partial charge in [-0.3, -0.25) is 0 Å². The van der Waals surface area contributed by atoms with Gasteiger partial charge < -0.3 is 0 Å². The maximum Gasteiger partial charge on any atom is 0.417 e. The molecule has 0 unspecified atom stereocenters. The van der Waals surface area contributed by atoms with Gasteiger partial charge in [-0.15, -0.1) is 0 Å². The summed E-state index contributed by atoms with van der Waals surface area (Å²) >= 11 is 0. The maximum atomic E-state index is 15.6. The van der Waals surface area contributed by atoms with Crippen molar-refractivity contribution < 1.29 is 52.7 Å². The minimum Gasteiger partial charge on any atom is -0.205 e. The lowest BCUT2D eigenvalue weighted by Crippen LogP contribution is -2.17. The number of alkyl halides is 6. The average molecular weight is 750 g/mol. The lowest BCUT2D eigenvalue weighted by atomic mass is 9.90. The van der Waals surface area contributed by atoms with E-state index in [0.29, 0.717) is 0 Å². The smallest absolute Gasteiger partial charge is 0.205 e. The molecule has 3 aromatic carbocycles. The van der Waals surface area contributed by atoms with Crippen LogP contribution in [0, 0.1) is 126 Å². The van der Waals surface area contributed by atoms with Gasteiger partial charge in [-0.25, -0.2) is 26.3 Å². The summed E-state index contributed by atoms with van der Waals surface area (Å²) in [6.45, 7) is 0. The molecule has 262 valence electrons. The zero-order valence-electron chi connectivity index (χ0n) is 25.3. The highest BCUT2D eigenvalue weighted by molar-refractivity contribution is 6.12. The van der Waals surface area contributed by atoms with Crippen LogP contribution >= 0.6 is 0 Å². The van der Waals surface area contributed by atoms with Crippen molar-refractivity contribution in [2.75, 3.05) is 0 Å². The number of nitrogens with zero attached hydrogens (tertiary/aromatic N) is 8. The normalized spacial score (nSPS) is 14.8. The zero-order valence-corrected chi connectivity index (χ0v) is 25.3. The minimum atomic E-state index is -5.89. The molecular formula is C34H2F12N8. The first-order valence-electron chi connectivity index (χ1n) is 13.5. The molecule has 1 aliphatic rings. The van der Waals surface area contributed by atoms with Crippen molar-refractivity contribution in [2.24, 2.45) is 0 Å². The predicted octanol–water partition coefficient (Wildman–Crippen LogP) is 8.16. The molecule has 0 radical (unpaired) electrons. The van der Waals surface area contributed by atoms with E-state index in [1.807, 2.05) is 0 Å². The molecule has 8 nitrogen and oxygen atoms in total. The van der Waals surface area contributed by atoms with Gasteiger partial charge in [-0.05, 0) is 12.1 Å². The first-order valence-corrected chi connectivity index (χ1v) is 13.5. The quantitative estimate of drug-likeness (QED) is 0.145. The maximum absolute atomic E-state index is 15.6. The van der Waals surface area contributed by atoms with Crippen LogP contribution in [0.2, 0.25) is 0 Å². The highest BCUT2D eigenvalue weighted by Crippen LogP contribution is 2.58. The van der Waals surface area contributed by atoms with Crippen LogP contribution < -0.4 is 0 Å². The van der Waals surface area contributed by atoms with Crippen LogP contribution in [0.3, 0.4) is 0 Å². The van der Waals surface area contributed by atoms with Crippen molar-refractivity contribution in [2.45, 2.75) is 12.4 Å². The highest BCUT2D eigenvalue weighted by atomic mass is 19.4. The zero-order chi connectivity index (χ0) is 40.8. The lowest BCUT2D eigenvalue weighted by molar-refractivity contribution is -0.143. The third kappa shape index (κ3) is 5.83. The van der Waals surface area contributed by atoms with Crippen molar-refractivity contribution in [1.82, 2.24) is 0 Å². The Labute approximate surface area is 291 Å². The SMILES string of the molecule is N#CC(=C1C(=C(\C#N)c2c(C(F)(F)F)cc(C#N)cc2C(F)(F)F)/C1=C(\C#N)c1c(F)c(F)c(C#N)c(C#N)c1F)c1c(F)c(F)c(C#N)c(C#N)c1F. The van der Waals surface area contributed by atoms with Crippen LogP contribution in [-0.4, -0.2) is 0 Å². The van der Waals surface area contributed by atoms with Crippen molar-refractivity contribution in [1.29, 1.82) is 42.1 Å². The van der Waals surface area contributed by atoms with Crippen molar-refractivity contribution >= 4 is 16.7 Å². The number of benzene rings is 3. The van der Waals surface area contributed by atoms with E-state index in [9.17, 15) is 61.4 Å². The van der Waals surface area contributed by atoms with E-state index in [1.54, 1.807) is 0 Å². The summed E-state index contributed by atoms with van der Waals surface area (Å²) < 4.78 is 178. The fourth-order valence-corrected chi connectivity index (χ4v) is 5.25. The predicted molar refractivity (Wildman–Crippen MR) is 150 cm³/mol. The molecule has 0 aliphatic heterocycles. The molecule has 3 aromatic rings. The van der Waals surface area contributed by atoms with Crippen LogP contribution in [0.4, 0.5) is 52.7 Å². The molecule has 20 heteroatoms. The van der Waals surface area contributed by atoms with E-state index in [1.165, 1.54) is 0 Å². The van der Waals surface area contributed by atoms with Crippen LogP contribution in [0.5, 0.6) is 0 Å². The Balaban J connectivity index is 2.48. The molecular weight excluding hydrogens is 748 g/mol. The fraction of sp³-hybridized carbons (Fsp3) is 0.0588. The van der Waals surface area contributed by atoms with Crippen LogP contribution in [0.15, 0.2) is 28.9 Å². The summed E-state index contributed by atoms with van der Waals surface area (Å²) in [7, 11) is 0. The number of allylic oxidation sites excluding steroid dienone is 6. The lowest BCUT2D eigenvalue weighted by Gasteiger charge is -2.19. The highest BCUT2D eigenvalue weighted by Gasteiger charge is 2.49. The fourth-order valence-electron chi connectivity index (χ4n) is 5.25. The number of nitriles is 8. The van der Waals surface area contributed by atoms with E-state index in [0.717, 1.165) is 48.6 Å². The Bertz CT molecular complexity index is 2570. The number of rotatable bonds is 3. The van der Waals surface area contributed by atoms with Crippen molar-refractivity contribution in [3.05, 3.63) is 119 Å². The first kappa shape index (κ1) is 38.8. The second kappa shape index (κ2) is 13.6. The Morgan fingerprint density at radius 2 is 0.667 bits per heavy atom. The summed E-state index contributed by atoms with van der Waals surface area (Å²) in [5, 5.41) is 76.2. The standard InChI is InChI=1S/C34H2F12N8/c35-27-12(4-48)14(6-50)29(37)31(39)25(27)17(9-53)23-22(24(23)18(10-54)26-28(36)13(5-49)15(7-51)30(38)32(26)40)16(8-52)21-19(33(41,42)43)1-11(3-47)2-20(21)34(44,45)46/h1-2H/b22-16-,23-17?,24-18-. The first-order chi connectivity index (χ1) is 25.3. The molecule has 0 bridgehead atoms. The van der Waals surface area contributed by atoms with Gasteiger partial charge in [0.05, 0.1) is 50.6 Å². The van der Waals surface area contributed by atoms with Crippen LogP contribution in [0.25, 0.3) is 16.7 Å². The second-order valence-electron chi connectivity index (χ2n) is 10.2. The molecule has 0 aromatic heterocycles. The molecule has 1 aliphatic carbocycles. The Hall–Kier alpha value is -8.04. The molecule has 0 spiro atoms. The van der Waals surface area contributed by atoms with E-state index in [4.69, 9.17) is 15.8 Å². The van der Waals surface area contributed by atoms with Gasteiger partial charge in [0.1, 0.15) is 64.7 Å². The third-order valence-corrected chi connectivity index (χ3v) is 7.49. The van der Waals surface area contributed by atoms with Gasteiger partial charge in [-0.2, -0.15) is 68.4 Å². The molecule has 0 N–H and O–H groups in total. The molecule has 0 atom stereocenters. The van der Waals surface area contributed by atoms with E-state index in [2.05, 4.69) is 0 Å². The molecule has 0 saturated heterocycles. The molecule has 4 rings (SSSR count). The molecule has 54 heavy (non-hydrogen) atoms. The summed E-state index contributed by atoms with van der Waals surface area (Å²) in [6.07, 6.45) is -11.8. The van der Waals surface area contributed by atoms with Gasteiger partial charge in [0.25, 0.3) is 0 Å². The Morgan fingerprint density at radius 1 is 0.389 bits per heavy atom. The van der Waals surface area contributed by atoms with E-state index in [-0.39, 0.29) is 12.1 Å². The summed E-state index contributed by atoms with van der Waals surface area (Å²) in [5.74, 6) is -14.2. The van der Waals surface area contributed by atoms with Crippen molar-refractivity contribution in [3.8, 4) is 48.6 Å². The average Bonchev–Trinajstić information content (AvgIpc) is 3.84. The Kier molecular flexibility index (Phi) is 9.75. The largest absolute Gasteiger partial charge is 0.417 e. The monoisotopic (exact) mass is 750 g/mol. The van der Waals surface area contributed by atoms with E-state index < -0.39 is 136 Å². The summed E-state index contributed by atoms with van der Waals surface area (Å²) in [5.41, 5.74) is -28.6. The summed E-state index contributed by atoms with van der Waals surface area (Å²) in [6, 6.07) is 7.40. The topological polar surface area (TPSA) is 190 Å². The van der Waals surface area contributed by atoms with Gasteiger partial charge in [0.2, 0.25) is 0 Å². The molecule has 1 saturated carbocycles. The summed E-state index contributed by atoms with van der Waals surface area (Å²) in [4.78, 5) is 0. The second-order valence-corrected chi connectivity index (χ2v) is 10.2. The van der Waals surface area contributed by atoms with Crippen LogP contribution in [-0.2, 0) is 12.4 Å². The number of hydrogen-bond donors (Lipinski definition) is 0. The molecule has 0 amide bonds. The Morgan fingerprint density at radius 3 is 0.907 bits per heavy atom. The minimum absolute atomic E-state index is 0.183. The van der Waals surface area contributed by atoms with Crippen molar-refractivity contribution in [3.63, 3.8) is 0 Å². The number of hydrogen-bond acceptors (Lipinski definition) is 8. The molecule has 1 fully saturated rings. The van der Waals surface area contributed by atoms with E-state index >= 15 is 17.6 Å². The van der Waals surface area contributed by atoms with Gasteiger partial charge in [0.15, 0.2) is 34.9 Å². The van der Waals surface area contributed by atoms with Gasteiger partial charge >= 0.3 is 12.4 Å². The van der Waals surface area contributed by atoms with Gasteiger partial charge in [-0.1, -0.05) is 0 Å². The third-order valence-electron chi connectivity index (χ3n) is 7.49. The van der Waals surface area contributed by atoms with Crippen LogP contribution in [0.1, 0.15) is 55.6 Å². The molecule has 0 heterocycles.